The molecule has 2 aromatic rings. The Morgan fingerprint density at radius 3 is 2.62 bits per heavy atom. The third kappa shape index (κ3) is 4.41. The van der Waals surface area contributed by atoms with E-state index in [9.17, 15) is 17.6 Å². The fraction of sp³-hybridized carbons (Fsp3) is 0.0625. The number of amides is 1. The first kappa shape index (κ1) is 18.1. The molecule has 0 atom stereocenters. The summed E-state index contributed by atoms with van der Waals surface area (Å²) in [5.74, 6) is -1.43. The maximum Gasteiger partial charge on any atom is 0.255 e. The van der Waals surface area contributed by atoms with E-state index in [1.807, 2.05) is 0 Å². The SMILES string of the molecule is C=CCNS(=O)(=O)c1ccc(NC(=O)c2cccc(Cl)c2)c(F)c1. The third-order valence-corrected chi connectivity index (χ3v) is 4.66. The molecule has 0 spiro atoms. The quantitative estimate of drug-likeness (QED) is 0.769. The van der Waals surface area contributed by atoms with Gasteiger partial charge in [-0.1, -0.05) is 23.7 Å². The number of benzene rings is 2. The van der Waals surface area contributed by atoms with Crippen LogP contribution in [0.3, 0.4) is 0 Å². The highest BCUT2D eigenvalue weighted by Crippen LogP contribution is 2.20. The molecule has 0 unspecified atom stereocenters. The van der Waals surface area contributed by atoms with E-state index in [0.717, 1.165) is 6.07 Å². The van der Waals surface area contributed by atoms with Crippen LogP contribution in [0.5, 0.6) is 0 Å². The van der Waals surface area contributed by atoms with Gasteiger partial charge in [-0.05, 0) is 36.4 Å². The van der Waals surface area contributed by atoms with E-state index in [1.54, 1.807) is 12.1 Å². The number of carbonyl (C=O) groups excluding carboxylic acids is 1. The lowest BCUT2D eigenvalue weighted by molar-refractivity contribution is 0.102. The molecule has 2 aromatic carbocycles. The summed E-state index contributed by atoms with van der Waals surface area (Å²) < 4.78 is 40.2. The molecule has 0 saturated heterocycles. The van der Waals surface area contributed by atoms with Gasteiger partial charge < -0.3 is 5.32 Å². The topological polar surface area (TPSA) is 75.3 Å². The highest BCUT2D eigenvalue weighted by Gasteiger charge is 2.16. The van der Waals surface area contributed by atoms with Gasteiger partial charge in [-0.2, -0.15) is 0 Å². The normalized spacial score (nSPS) is 11.1. The molecule has 1 amide bonds. The monoisotopic (exact) mass is 368 g/mol. The number of rotatable bonds is 6. The van der Waals surface area contributed by atoms with Crippen LogP contribution in [0.2, 0.25) is 5.02 Å². The number of sulfonamides is 1. The lowest BCUT2D eigenvalue weighted by atomic mass is 10.2. The van der Waals surface area contributed by atoms with Crippen molar-refractivity contribution in [3.8, 4) is 0 Å². The Labute approximate surface area is 144 Å². The van der Waals surface area contributed by atoms with Gasteiger partial charge in [0.05, 0.1) is 10.6 Å². The van der Waals surface area contributed by atoms with Crippen LogP contribution in [0, 0.1) is 5.82 Å². The second kappa shape index (κ2) is 7.57. The Morgan fingerprint density at radius 1 is 1.25 bits per heavy atom. The van der Waals surface area contributed by atoms with Crippen LogP contribution in [-0.2, 0) is 10.0 Å². The van der Waals surface area contributed by atoms with Crippen molar-refractivity contribution < 1.29 is 17.6 Å². The van der Waals surface area contributed by atoms with Crippen molar-refractivity contribution in [2.75, 3.05) is 11.9 Å². The summed E-state index contributed by atoms with van der Waals surface area (Å²) >= 11 is 5.80. The molecule has 0 radical (unpaired) electrons. The van der Waals surface area contributed by atoms with Gasteiger partial charge in [0.25, 0.3) is 5.91 Å². The van der Waals surface area contributed by atoms with Crippen LogP contribution in [0.25, 0.3) is 0 Å². The number of anilines is 1. The van der Waals surface area contributed by atoms with Crippen LogP contribution in [-0.4, -0.2) is 20.9 Å². The first-order chi connectivity index (χ1) is 11.3. The summed E-state index contributed by atoms with van der Waals surface area (Å²) in [7, 11) is -3.84. The standard InChI is InChI=1S/C16H14ClFN2O3S/c1-2-8-19-24(22,23)13-6-7-15(14(18)10-13)20-16(21)11-4-3-5-12(17)9-11/h2-7,9-10,19H,1,8H2,(H,20,21). The second-order valence-electron chi connectivity index (χ2n) is 4.75. The molecule has 0 aliphatic rings. The highest BCUT2D eigenvalue weighted by molar-refractivity contribution is 7.89. The molecule has 0 aliphatic heterocycles. The number of hydrogen-bond donors (Lipinski definition) is 2. The molecule has 0 saturated carbocycles. The summed E-state index contributed by atoms with van der Waals surface area (Å²) in [6, 6.07) is 9.37. The molecule has 2 N–H and O–H groups in total. The maximum atomic E-state index is 14.1. The van der Waals surface area contributed by atoms with E-state index in [0.29, 0.717) is 5.02 Å². The summed E-state index contributed by atoms with van der Waals surface area (Å²) in [6.07, 6.45) is 1.37. The van der Waals surface area contributed by atoms with Crippen molar-refractivity contribution in [2.24, 2.45) is 0 Å². The van der Waals surface area contributed by atoms with E-state index in [-0.39, 0.29) is 22.7 Å². The number of nitrogens with one attached hydrogen (secondary N) is 2. The van der Waals surface area contributed by atoms with Crippen molar-refractivity contribution in [1.29, 1.82) is 0 Å². The van der Waals surface area contributed by atoms with Gasteiger partial charge in [-0.25, -0.2) is 17.5 Å². The van der Waals surface area contributed by atoms with Crippen molar-refractivity contribution in [2.45, 2.75) is 4.90 Å². The minimum absolute atomic E-state index is 0.0250. The molecule has 2 rings (SSSR count). The van der Waals surface area contributed by atoms with E-state index in [4.69, 9.17) is 11.6 Å². The summed E-state index contributed by atoms with van der Waals surface area (Å²) in [5, 5.41) is 2.74. The minimum atomic E-state index is -3.84. The second-order valence-corrected chi connectivity index (χ2v) is 6.95. The molecule has 8 heteroatoms. The first-order valence-electron chi connectivity index (χ1n) is 6.80. The maximum absolute atomic E-state index is 14.1. The number of halogens is 2. The van der Waals surface area contributed by atoms with Crippen molar-refractivity contribution >= 4 is 33.2 Å². The van der Waals surface area contributed by atoms with Crippen LogP contribution in [0.15, 0.2) is 60.0 Å². The molecule has 126 valence electrons. The van der Waals surface area contributed by atoms with Crippen LogP contribution in [0.4, 0.5) is 10.1 Å². The summed E-state index contributed by atoms with van der Waals surface area (Å²) in [5.41, 5.74) is 0.119. The van der Waals surface area contributed by atoms with E-state index < -0.39 is 21.7 Å². The minimum Gasteiger partial charge on any atom is -0.319 e. The van der Waals surface area contributed by atoms with Gasteiger partial charge in [0, 0.05) is 17.1 Å². The molecule has 24 heavy (non-hydrogen) atoms. The highest BCUT2D eigenvalue weighted by atomic mass is 35.5. The molecule has 0 aliphatic carbocycles. The average Bonchev–Trinajstić information content (AvgIpc) is 2.54. The Morgan fingerprint density at radius 2 is 2.00 bits per heavy atom. The summed E-state index contributed by atoms with van der Waals surface area (Å²) in [4.78, 5) is 11.8. The van der Waals surface area contributed by atoms with Gasteiger partial charge in [0.2, 0.25) is 10.0 Å². The van der Waals surface area contributed by atoms with Gasteiger partial charge in [0.15, 0.2) is 0 Å². The van der Waals surface area contributed by atoms with E-state index >= 15 is 0 Å². The summed E-state index contributed by atoms with van der Waals surface area (Å²) in [6.45, 7) is 3.42. The van der Waals surface area contributed by atoms with E-state index in [2.05, 4.69) is 16.6 Å². The molecule has 0 heterocycles. The lowest BCUT2D eigenvalue weighted by Crippen LogP contribution is -2.24. The molecule has 0 bridgehead atoms. The number of carbonyl (C=O) groups is 1. The Balaban J connectivity index is 2.21. The number of hydrogen-bond acceptors (Lipinski definition) is 3. The Kier molecular flexibility index (Phi) is 5.71. The largest absolute Gasteiger partial charge is 0.319 e. The smallest absolute Gasteiger partial charge is 0.255 e. The van der Waals surface area contributed by atoms with Gasteiger partial charge in [-0.15, -0.1) is 6.58 Å². The fourth-order valence-electron chi connectivity index (χ4n) is 1.84. The first-order valence-corrected chi connectivity index (χ1v) is 8.66. The lowest BCUT2D eigenvalue weighted by Gasteiger charge is -2.09. The van der Waals surface area contributed by atoms with Crippen molar-refractivity contribution in [3.63, 3.8) is 0 Å². The van der Waals surface area contributed by atoms with Gasteiger partial charge >= 0.3 is 0 Å². The molecule has 0 fully saturated rings. The molecule has 5 nitrogen and oxygen atoms in total. The zero-order valence-corrected chi connectivity index (χ0v) is 14.0. The molecular formula is C16H14ClFN2O3S. The molecule has 0 aromatic heterocycles. The predicted molar refractivity (Wildman–Crippen MR) is 91.2 cm³/mol. The fourth-order valence-corrected chi connectivity index (χ4v) is 3.04. The van der Waals surface area contributed by atoms with Crippen molar-refractivity contribution in [3.05, 3.63) is 71.5 Å². The Bertz CT molecular complexity index is 885. The predicted octanol–water partition coefficient (Wildman–Crippen LogP) is 3.20. The molecular weight excluding hydrogens is 355 g/mol. The third-order valence-electron chi connectivity index (χ3n) is 3.00. The van der Waals surface area contributed by atoms with Crippen molar-refractivity contribution in [1.82, 2.24) is 4.72 Å². The van der Waals surface area contributed by atoms with Gasteiger partial charge in [0.1, 0.15) is 5.82 Å². The Hall–Kier alpha value is -2.22. The zero-order chi connectivity index (χ0) is 17.7. The van der Waals surface area contributed by atoms with Crippen LogP contribution in [0.1, 0.15) is 10.4 Å². The van der Waals surface area contributed by atoms with Crippen LogP contribution >= 0.6 is 11.6 Å². The average molecular weight is 369 g/mol. The van der Waals surface area contributed by atoms with Gasteiger partial charge in [-0.3, -0.25) is 4.79 Å². The zero-order valence-electron chi connectivity index (χ0n) is 12.4. The van der Waals surface area contributed by atoms with E-state index in [1.165, 1.54) is 30.3 Å². The van der Waals surface area contributed by atoms with Crippen LogP contribution < -0.4 is 10.0 Å².